The number of amides is 1. The molecule has 0 unspecified atom stereocenters. The van der Waals surface area contributed by atoms with Crippen LogP contribution in [0.3, 0.4) is 0 Å². The van der Waals surface area contributed by atoms with E-state index < -0.39 is 0 Å². The first-order chi connectivity index (χ1) is 12.8. The highest BCUT2D eigenvalue weighted by Crippen LogP contribution is 2.15. The van der Waals surface area contributed by atoms with Crippen LogP contribution in [0.5, 0.6) is 0 Å². The summed E-state index contributed by atoms with van der Waals surface area (Å²) in [7, 11) is 0. The van der Waals surface area contributed by atoms with Crippen LogP contribution in [0.2, 0.25) is 0 Å². The third-order valence-electron chi connectivity index (χ3n) is 4.31. The van der Waals surface area contributed by atoms with E-state index in [0.29, 0.717) is 37.5 Å². The fraction of sp³-hybridized carbons (Fsp3) is 0.412. The molecule has 3 aromatic rings. The summed E-state index contributed by atoms with van der Waals surface area (Å²) in [5, 5.41) is 15.1. The Bertz CT molecular complexity index is 888. The van der Waals surface area contributed by atoms with Gasteiger partial charge < -0.3 is 14.4 Å². The maximum Gasteiger partial charge on any atom is 0.226 e. The van der Waals surface area contributed by atoms with Crippen LogP contribution in [0, 0.1) is 0 Å². The third-order valence-corrected chi connectivity index (χ3v) is 4.31. The van der Waals surface area contributed by atoms with Crippen molar-refractivity contribution in [1.29, 1.82) is 0 Å². The molecule has 1 aliphatic rings. The lowest BCUT2D eigenvalue weighted by Crippen LogP contribution is -2.24. The number of aryl methyl sites for hydroxylation is 2. The molecule has 4 heterocycles. The fourth-order valence-electron chi connectivity index (χ4n) is 2.98. The van der Waals surface area contributed by atoms with Crippen LogP contribution >= 0.6 is 0 Å². The van der Waals surface area contributed by atoms with Crippen molar-refractivity contribution in [3.8, 4) is 11.4 Å². The highest BCUT2D eigenvalue weighted by Gasteiger charge is 2.17. The van der Waals surface area contributed by atoms with Gasteiger partial charge in [-0.25, -0.2) is 0 Å². The van der Waals surface area contributed by atoms with Gasteiger partial charge in [0, 0.05) is 43.8 Å². The van der Waals surface area contributed by atoms with Crippen LogP contribution in [0.1, 0.15) is 36.8 Å². The van der Waals surface area contributed by atoms with Gasteiger partial charge >= 0.3 is 0 Å². The average molecular weight is 353 g/mol. The quantitative estimate of drug-likeness (QED) is 0.681. The summed E-state index contributed by atoms with van der Waals surface area (Å²) in [5.41, 5.74) is 0.807. The summed E-state index contributed by atoms with van der Waals surface area (Å²) in [6.45, 7) is 1.35. The second-order valence-electron chi connectivity index (χ2n) is 6.17. The van der Waals surface area contributed by atoms with Crippen molar-refractivity contribution >= 4 is 5.91 Å². The Morgan fingerprint density at radius 3 is 3.19 bits per heavy atom. The lowest BCUT2D eigenvalue weighted by Gasteiger charge is -2.05. The third kappa shape index (κ3) is 3.61. The summed E-state index contributed by atoms with van der Waals surface area (Å²) in [4.78, 5) is 20.4. The molecule has 4 rings (SSSR count). The van der Waals surface area contributed by atoms with Crippen LogP contribution in [-0.4, -0.2) is 35.8 Å². The number of pyridine rings is 1. The van der Waals surface area contributed by atoms with Crippen molar-refractivity contribution in [3.05, 3.63) is 42.1 Å². The Morgan fingerprint density at radius 1 is 1.35 bits per heavy atom. The van der Waals surface area contributed by atoms with E-state index in [9.17, 15) is 4.79 Å². The molecule has 1 N–H and O–H groups in total. The maximum absolute atomic E-state index is 12.0. The molecule has 9 heteroatoms. The smallest absolute Gasteiger partial charge is 0.226 e. The van der Waals surface area contributed by atoms with Crippen molar-refractivity contribution in [2.75, 3.05) is 0 Å². The van der Waals surface area contributed by atoms with Crippen LogP contribution in [0.25, 0.3) is 11.4 Å². The summed E-state index contributed by atoms with van der Waals surface area (Å²) in [6, 6.07) is 3.69. The SMILES string of the molecule is O=C(CCCc1nc(-c2cccnc2)no1)NCc1nnc2n1CCC2. The predicted molar refractivity (Wildman–Crippen MR) is 90.7 cm³/mol. The van der Waals surface area contributed by atoms with Gasteiger partial charge in [-0.2, -0.15) is 4.98 Å². The first kappa shape index (κ1) is 16.4. The van der Waals surface area contributed by atoms with Crippen molar-refractivity contribution in [2.45, 2.75) is 45.2 Å². The van der Waals surface area contributed by atoms with Gasteiger partial charge in [0.05, 0.1) is 6.54 Å². The molecule has 0 atom stereocenters. The normalized spacial score (nSPS) is 12.9. The highest BCUT2D eigenvalue weighted by molar-refractivity contribution is 5.75. The Labute approximate surface area is 149 Å². The number of nitrogens with zero attached hydrogens (tertiary/aromatic N) is 6. The predicted octanol–water partition coefficient (Wildman–Crippen LogP) is 1.31. The molecule has 0 spiro atoms. The van der Waals surface area contributed by atoms with E-state index in [1.807, 2.05) is 12.1 Å². The number of hydrogen-bond acceptors (Lipinski definition) is 7. The topological polar surface area (TPSA) is 112 Å². The fourth-order valence-corrected chi connectivity index (χ4v) is 2.98. The monoisotopic (exact) mass is 353 g/mol. The van der Waals surface area contributed by atoms with Crippen molar-refractivity contribution in [2.24, 2.45) is 0 Å². The first-order valence-corrected chi connectivity index (χ1v) is 8.70. The highest BCUT2D eigenvalue weighted by atomic mass is 16.5. The molecule has 0 aromatic carbocycles. The molecule has 0 fully saturated rings. The molecule has 1 amide bonds. The van der Waals surface area contributed by atoms with Crippen LogP contribution < -0.4 is 5.32 Å². The Kier molecular flexibility index (Phi) is 4.67. The molecule has 134 valence electrons. The van der Waals surface area contributed by atoms with Gasteiger partial charge in [0.2, 0.25) is 17.6 Å². The van der Waals surface area contributed by atoms with E-state index >= 15 is 0 Å². The Balaban J connectivity index is 1.22. The van der Waals surface area contributed by atoms with Crippen molar-refractivity contribution in [3.63, 3.8) is 0 Å². The summed E-state index contributed by atoms with van der Waals surface area (Å²) >= 11 is 0. The Hall–Kier alpha value is -3.10. The van der Waals surface area contributed by atoms with E-state index in [4.69, 9.17) is 4.52 Å². The molecular formula is C17H19N7O2. The van der Waals surface area contributed by atoms with Gasteiger partial charge in [-0.05, 0) is 25.0 Å². The largest absolute Gasteiger partial charge is 0.349 e. The molecule has 0 aliphatic carbocycles. The number of rotatable bonds is 7. The van der Waals surface area contributed by atoms with Gasteiger partial charge in [0.1, 0.15) is 5.82 Å². The molecule has 3 aromatic heterocycles. The van der Waals surface area contributed by atoms with Crippen LogP contribution in [0.4, 0.5) is 0 Å². The number of carbonyl (C=O) groups is 1. The van der Waals surface area contributed by atoms with Crippen molar-refractivity contribution < 1.29 is 9.32 Å². The minimum absolute atomic E-state index is 0.0210. The number of fused-ring (bicyclic) bond motifs is 1. The van der Waals surface area contributed by atoms with Gasteiger partial charge in [-0.3, -0.25) is 9.78 Å². The summed E-state index contributed by atoms with van der Waals surface area (Å²) in [5.74, 6) is 2.84. The molecule has 0 saturated carbocycles. The standard InChI is InChI=1S/C17H19N7O2/c25-15(19-11-14-22-21-13-5-3-9-24(13)14)6-1-7-16-20-17(23-26-16)12-4-2-8-18-10-12/h2,4,8,10H,1,3,5-7,9,11H2,(H,19,25). The number of nitrogens with one attached hydrogen (secondary N) is 1. The second kappa shape index (κ2) is 7.42. The van der Waals surface area contributed by atoms with E-state index in [2.05, 4.69) is 35.2 Å². The van der Waals surface area contributed by atoms with E-state index in [0.717, 1.165) is 36.6 Å². The first-order valence-electron chi connectivity index (χ1n) is 8.70. The molecule has 26 heavy (non-hydrogen) atoms. The summed E-state index contributed by atoms with van der Waals surface area (Å²) in [6.07, 6.45) is 7.02. The van der Waals surface area contributed by atoms with E-state index in [1.165, 1.54) is 0 Å². The molecule has 0 bridgehead atoms. The zero-order valence-electron chi connectivity index (χ0n) is 14.3. The van der Waals surface area contributed by atoms with E-state index in [1.54, 1.807) is 12.4 Å². The molecular weight excluding hydrogens is 334 g/mol. The number of hydrogen-bond donors (Lipinski definition) is 1. The zero-order valence-corrected chi connectivity index (χ0v) is 14.3. The molecule has 9 nitrogen and oxygen atoms in total. The van der Waals surface area contributed by atoms with Gasteiger partial charge in [0.15, 0.2) is 5.82 Å². The Morgan fingerprint density at radius 2 is 2.31 bits per heavy atom. The van der Waals surface area contributed by atoms with Crippen molar-refractivity contribution in [1.82, 2.24) is 35.2 Å². The van der Waals surface area contributed by atoms with Gasteiger partial charge in [-0.1, -0.05) is 5.16 Å². The lowest BCUT2D eigenvalue weighted by molar-refractivity contribution is -0.121. The molecule has 0 saturated heterocycles. The van der Waals surface area contributed by atoms with Crippen LogP contribution in [-0.2, 0) is 30.7 Å². The van der Waals surface area contributed by atoms with Gasteiger partial charge in [-0.15, -0.1) is 10.2 Å². The number of aromatic nitrogens is 6. The number of carbonyl (C=O) groups excluding carboxylic acids is 1. The molecule has 0 radical (unpaired) electrons. The zero-order chi connectivity index (χ0) is 17.8. The average Bonchev–Trinajstić information content (AvgIpc) is 3.38. The second-order valence-corrected chi connectivity index (χ2v) is 6.17. The molecule has 1 aliphatic heterocycles. The minimum Gasteiger partial charge on any atom is -0.349 e. The van der Waals surface area contributed by atoms with Gasteiger partial charge in [0.25, 0.3) is 0 Å². The minimum atomic E-state index is -0.0210. The summed E-state index contributed by atoms with van der Waals surface area (Å²) < 4.78 is 7.31. The van der Waals surface area contributed by atoms with Crippen LogP contribution in [0.15, 0.2) is 29.0 Å². The lowest BCUT2D eigenvalue weighted by atomic mass is 10.2. The van der Waals surface area contributed by atoms with E-state index in [-0.39, 0.29) is 5.91 Å². The maximum atomic E-state index is 12.0.